The average molecular weight is 373 g/mol. The van der Waals surface area contributed by atoms with Crippen molar-refractivity contribution in [1.29, 1.82) is 0 Å². The molecule has 2 rings (SSSR count). The molecule has 0 aliphatic rings. The minimum Gasteiger partial charge on any atom is -0.491 e. The average Bonchev–Trinajstić information content (AvgIpc) is 2.58. The Balaban J connectivity index is 2.20. The van der Waals surface area contributed by atoms with Gasteiger partial charge in [0.05, 0.1) is 6.61 Å². The second-order valence-corrected chi connectivity index (χ2v) is 7.33. The van der Waals surface area contributed by atoms with Crippen molar-refractivity contribution in [3.05, 3.63) is 42.1 Å². The predicted molar refractivity (Wildman–Crippen MR) is 103 cm³/mol. The number of ether oxygens (including phenoxy) is 2. The molecule has 1 amide bonds. The Labute approximate surface area is 159 Å². The molecule has 0 spiro atoms. The number of nitrogens with zero attached hydrogens (tertiary/aromatic N) is 1. The van der Waals surface area contributed by atoms with Gasteiger partial charge in [0.1, 0.15) is 12.4 Å². The highest BCUT2D eigenvalue weighted by Gasteiger charge is 2.21. The van der Waals surface area contributed by atoms with Crippen molar-refractivity contribution in [3.63, 3.8) is 0 Å². The molecule has 2 aromatic rings. The Morgan fingerprint density at radius 3 is 2.59 bits per heavy atom. The second kappa shape index (κ2) is 8.83. The Morgan fingerprint density at radius 1 is 1.26 bits per heavy atom. The van der Waals surface area contributed by atoms with Gasteiger partial charge in [0.15, 0.2) is 0 Å². The molecule has 0 fully saturated rings. The van der Waals surface area contributed by atoms with Crippen molar-refractivity contribution in [2.75, 3.05) is 6.61 Å². The second-order valence-electron chi connectivity index (χ2n) is 7.33. The van der Waals surface area contributed by atoms with Gasteiger partial charge >= 0.3 is 6.09 Å². The molecular formula is C20H27N3O4. The SMILES string of the molecule is CC(C)CC(C)(N)COc1ccc(-c2ccnc(OC(N)=O)c2)cc1CO. The van der Waals surface area contributed by atoms with Crippen LogP contribution in [0.1, 0.15) is 32.8 Å². The standard InChI is InChI=1S/C20H27N3O4/c1-13(2)10-20(3,22)12-26-17-5-4-14(8-16(17)11-24)15-6-7-23-18(9-15)27-19(21)25/h4-9,13,24H,10-12,22H2,1-3H3,(H2,21,25). The minimum atomic E-state index is -0.925. The molecule has 7 nitrogen and oxygen atoms in total. The summed E-state index contributed by atoms with van der Waals surface area (Å²) < 4.78 is 10.7. The first-order valence-electron chi connectivity index (χ1n) is 8.79. The number of carbonyl (C=O) groups is 1. The molecule has 5 N–H and O–H groups in total. The molecule has 27 heavy (non-hydrogen) atoms. The summed E-state index contributed by atoms with van der Waals surface area (Å²) >= 11 is 0. The van der Waals surface area contributed by atoms with Crippen LogP contribution in [0.3, 0.4) is 0 Å². The summed E-state index contributed by atoms with van der Waals surface area (Å²) in [5.41, 5.74) is 13.1. The van der Waals surface area contributed by atoms with Crippen LogP contribution in [0.5, 0.6) is 11.6 Å². The van der Waals surface area contributed by atoms with E-state index in [0.29, 0.717) is 23.8 Å². The summed E-state index contributed by atoms with van der Waals surface area (Å²) in [6.45, 7) is 6.36. The molecule has 0 saturated carbocycles. The molecule has 0 bridgehead atoms. The van der Waals surface area contributed by atoms with Gasteiger partial charge < -0.3 is 26.0 Å². The quantitative estimate of drug-likeness (QED) is 0.654. The van der Waals surface area contributed by atoms with Gasteiger partial charge in [-0.1, -0.05) is 19.9 Å². The van der Waals surface area contributed by atoms with Crippen LogP contribution in [0.2, 0.25) is 0 Å². The van der Waals surface area contributed by atoms with Crippen molar-refractivity contribution in [2.45, 2.75) is 39.3 Å². The largest absolute Gasteiger partial charge is 0.491 e. The first-order valence-corrected chi connectivity index (χ1v) is 8.79. The third kappa shape index (κ3) is 6.23. The molecule has 0 radical (unpaired) electrons. The smallest absolute Gasteiger partial charge is 0.411 e. The van der Waals surface area contributed by atoms with E-state index in [0.717, 1.165) is 17.5 Å². The van der Waals surface area contributed by atoms with Crippen molar-refractivity contribution >= 4 is 6.09 Å². The molecule has 7 heteroatoms. The van der Waals surface area contributed by atoms with E-state index in [-0.39, 0.29) is 12.5 Å². The third-order valence-corrected chi connectivity index (χ3v) is 3.94. The molecule has 1 aromatic carbocycles. The number of amides is 1. The Hall–Kier alpha value is -2.64. The Bertz CT molecular complexity index is 791. The van der Waals surface area contributed by atoms with Crippen LogP contribution in [-0.2, 0) is 6.61 Å². The zero-order valence-electron chi connectivity index (χ0n) is 15.9. The van der Waals surface area contributed by atoms with Crippen LogP contribution >= 0.6 is 0 Å². The predicted octanol–water partition coefficient (Wildman–Crippen LogP) is 2.84. The molecule has 0 saturated heterocycles. The summed E-state index contributed by atoms with van der Waals surface area (Å²) in [5, 5.41) is 9.73. The molecule has 1 aromatic heterocycles. The van der Waals surface area contributed by atoms with Gasteiger partial charge in [-0.3, -0.25) is 0 Å². The zero-order valence-corrected chi connectivity index (χ0v) is 15.9. The number of pyridine rings is 1. The van der Waals surface area contributed by atoms with Gasteiger partial charge in [-0.25, -0.2) is 9.78 Å². The van der Waals surface area contributed by atoms with E-state index in [1.54, 1.807) is 18.2 Å². The fourth-order valence-corrected chi connectivity index (χ4v) is 3.01. The van der Waals surface area contributed by atoms with Gasteiger partial charge in [-0.2, -0.15) is 0 Å². The summed E-state index contributed by atoms with van der Waals surface area (Å²) in [6, 6.07) is 8.83. The number of aliphatic hydroxyl groups is 1. The molecule has 1 unspecified atom stereocenters. The van der Waals surface area contributed by atoms with Crippen LogP contribution in [0.4, 0.5) is 4.79 Å². The van der Waals surface area contributed by atoms with Crippen molar-refractivity contribution in [1.82, 2.24) is 4.98 Å². The first-order chi connectivity index (χ1) is 12.7. The van der Waals surface area contributed by atoms with E-state index in [4.69, 9.17) is 20.9 Å². The Kier molecular flexibility index (Phi) is 6.76. The maximum absolute atomic E-state index is 10.9. The van der Waals surface area contributed by atoms with E-state index < -0.39 is 11.6 Å². The molecule has 1 heterocycles. The molecule has 1 atom stereocenters. The fraction of sp³-hybridized carbons (Fsp3) is 0.400. The molecule has 146 valence electrons. The van der Waals surface area contributed by atoms with Crippen molar-refractivity contribution < 1.29 is 19.4 Å². The lowest BCUT2D eigenvalue weighted by molar-refractivity contribution is 0.199. The lowest BCUT2D eigenvalue weighted by atomic mass is 9.93. The lowest BCUT2D eigenvalue weighted by Crippen LogP contribution is -2.43. The van der Waals surface area contributed by atoms with E-state index in [9.17, 15) is 9.90 Å². The maximum Gasteiger partial charge on any atom is 0.411 e. The molecular weight excluding hydrogens is 346 g/mol. The van der Waals surface area contributed by atoms with Crippen LogP contribution in [0, 0.1) is 5.92 Å². The highest BCUT2D eigenvalue weighted by Crippen LogP contribution is 2.29. The van der Waals surface area contributed by atoms with E-state index in [1.807, 2.05) is 19.1 Å². The number of aliphatic hydroxyl groups excluding tert-OH is 1. The van der Waals surface area contributed by atoms with Gasteiger partial charge in [0.25, 0.3) is 0 Å². The third-order valence-electron chi connectivity index (χ3n) is 3.94. The number of carbonyl (C=O) groups excluding carboxylic acids is 1. The normalized spacial score (nSPS) is 13.3. The van der Waals surface area contributed by atoms with Crippen molar-refractivity contribution in [3.8, 4) is 22.8 Å². The van der Waals surface area contributed by atoms with Gasteiger partial charge in [-0.05, 0) is 48.6 Å². The van der Waals surface area contributed by atoms with Crippen LogP contribution in [0.25, 0.3) is 11.1 Å². The summed E-state index contributed by atoms with van der Waals surface area (Å²) in [7, 11) is 0. The molecule has 0 aliphatic heterocycles. The number of primary amides is 1. The molecule has 0 aliphatic carbocycles. The zero-order chi connectivity index (χ0) is 20.0. The van der Waals surface area contributed by atoms with Crippen molar-refractivity contribution in [2.24, 2.45) is 17.4 Å². The summed E-state index contributed by atoms with van der Waals surface area (Å²) in [5.74, 6) is 1.16. The lowest BCUT2D eigenvalue weighted by Gasteiger charge is -2.27. The number of rotatable bonds is 8. The Morgan fingerprint density at radius 2 is 1.96 bits per heavy atom. The van der Waals surface area contributed by atoms with Crippen LogP contribution in [0.15, 0.2) is 36.5 Å². The van der Waals surface area contributed by atoms with E-state index in [1.165, 1.54) is 6.20 Å². The van der Waals surface area contributed by atoms with Gasteiger partial charge in [-0.15, -0.1) is 0 Å². The summed E-state index contributed by atoms with van der Waals surface area (Å²) in [4.78, 5) is 14.8. The van der Waals surface area contributed by atoms with E-state index in [2.05, 4.69) is 18.8 Å². The monoisotopic (exact) mass is 373 g/mol. The number of benzene rings is 1. The number of hydrogen-bond donors (Lipinski definition) is 3. The topological polar surface area (TPSA) is 121 Å². The number of aromatic nitrogens is 1. The maximum atomic E-state index is 10.9. The van der Waals surface area contributed by atoms with Crippen LogP contribution < -0.4 is 20.9 Å². The van der Waals surface area contributed by atoms with Crippen LogP contribution in [-0.4, -0.2) is 28.3 Å². The highest BCUT2D eigenvalue weighted by atomic mass is 16.6. The van der Waals surface area contributed by atoms with Gasteiger partial charge in [0, 0.05) is 23.4 Å². The minimum absolute atomic E-state index is 0.110. The van der Waals surface area contributed by atoms with E-state index >= 15 is 0 Å². The number of nitrogens with two attached hydrogens (primary N) is 2. The highest BCUT2D eigenvalue weighted by molar-refractivity contribution is 5.70. The fourth-order valence-electron chi connectivity index (χ4n) is 3.01. The summed E-state index contributed by atoms with van der Waals surface area (Å²) in [6.07, 6.45) is 1.42. The first kappa shape index (κ1) is 20.7. The van der Waals surface area contributed by atoms with Gasteiger partial charge in [0.2, 0.25) is 5.88 Å². The number of hydrogen-bond acceptors (Lipinski definition) is 6.